The van der Waals surface area contributed by atoms with Gasteiger partial charge in [0.15, 0.2) is 0 Å². The fourth-order valence-electron chi connectivity index (χ4n) is 1.53. The van der Waals surface area contributed by atoms with Crippen molar-refractivity contribution in [1.82, 2.24) is 0 Å². The molecule has 0 radical (unpaired) electrons. The van der Waals surface area contributed by atoms with Gasteiger partial charge in [-0.1, -0.05) is 28.1 Å². The van der Waals surface area contributed by atoms with E-state index in [-0.39, 0.29) is 6.04 Å². The highest BCUT2D eigenvalue weighted by molar-refractivity contribution is 9.11. The van der Waals surface area contributed by atoms with E-state index in [1.165, 1.54) is 10.4 Å². The molecule has 1 heterocycles. The fourth-order valence-corrected chi connectivity index (χ4v) is 3.49. The highest BCUT2D eigenvalue weighted by atomic mass is 79.9. The highest BCUT2D eigenvalue weighted by Crippen LogP contribution is 2.26. The third kappa shape index (κ3) is 3.17. The van der Waals surface area contributed by atoms with Crippen LogP contribution in [0.1, 0.15) is 16.5 Å². The second kappa shape index (κ2) is 5.45. The first kappa shape index (κ1) is 12.3. The van der Waals surface area contributed by atoms with Gasteiger partial charge in [0.25, 0.3) is 0 Å². The number of halogens is 2. The van der Waals surface area contributed by atoms with Crippen LogP contribution in [0.4, 0.5) is 0 Å². The van der Waals surface area contributed by atoms with Crippen LogP contribution in [0, 0.1) is 0 Å². The highest BCUT2D eigenvalue weighted by Gasteiger charge is 2.08. The molecular formula is C12H11Br2NS. The predicted molar refractivity (Wildman–Crippen MR) is 76.8 cm³/mol. The summed E-state index contributed by atoms with van der Waals surface area (Å²) in [6.07, 6.45) is 0.882. The average Bonchev–Trinajstić information content (AvgIpc) is 2.64. The molecule has 0 spiro atoms. The molecule has 4 heteroatoms. The summed E-state index contributed by atoms with van der Waals surface area (Å²) < 4.78 is 2.23. The summed E-state index contributed by atoms with van der Waals surface area (Å²) in [6.45, 7) is 0. The van der Waals surface area contributed by atoms with Gasteiger partial charge in [0.1, 0.15) is 0 Å². The monoisotopic (exact) mass is 359 g/mol. The number of nitrogens with two attached hydrogens (primary N) is 1. The minimum Gasteiger partial charge on any atom is -0.324 e. The van der Waals surface area contributed by atoms with Gasteiger partial charge in [-0.25, -0.2) is 0 Å². The standard InChI is InChI=1S/C12H11Br2NS/c13-9-3-1-2-8(6-9)11(15)7-10-4-5-12(14)16-10/h1-6,11H,7,15H2. The Bertz CT molecular complexity index is 481. The lowest BCUT2D eigenvalue weighted by Crippen LogP contribution is -2.12. The van der Waals surface area contributed by atoms with Gasteiger partial charge in [-0.05, 0) is 45.8 Å². The molecule has 0 saturated heterocycles. The topological polar surface area (TPSA) is 26.0 Å². The Kier molecular flexibility index (Phi) is 4.19. The molecule has 1 aromatic carbocycles. The number of benzene rings is 1. The zero-order chi connectivity index (χ0) is 11.5. The number of hydrogen-bond donors (Lipinski definition) is 1. The van der Waals surface area contributed by atoms with Gasteiger partial charge in [0, 0.05) is 21.8 Å². The second-order valence-electron chi connectivity index (χ2n) is 3.57. The zero-order valence-electron chi connectivity index (χ0n) is 8.49. The Labute approximate surface area is 116 Å². The Hall–Kier alpha value is -0.160. The molecule has 1 unspecified atom stereocenters. The van der Waals surface area contributed by atoms with Gasteiger partial charge in [-0.2, -0.15) is 0 Å². The summed E-state index contributed by atoms with van der Waals surface area (Å²) in [5.74, 6) is 0. The van der Waals surface area contributed by atoms with Crippen molar-refractivity contribution < 1.29 is 0 Å². The van der Waals surface area contributed by atoms with Gasteiger partial charge >= 0.3 is 0 Å². The van der Waals surface area contributed by atoms with E-state index in [1.807, 2.05) is 12.1 Å². The zero-order valence-corrected chi connectivity index (χ0v) is 12.5. The van der Waals surface area contributed by atoms with Crippen LogP contribution in [-0.4, -0.2) is 0 Å². The van der Waals surface area contributed by atoms with Crippen LogP contribution in [-0.2, 0) is 6.42 Å². The summed E-state index contributed by atoms with van der Waals surface area (Å²) >= 11 is 8.66. The maximum atomic E-state index is 6.18. The molecule has 0 aliphatic rings. The molecule has 84 valence electrons. The van der Waals surface area contributed by atoms with Crippen molar-refractivity contribution in [3.63, 3.8) is 0 Å². The second-order valence-corrected chi connectivity index (χ2v) is 7.03. The molecule has 1 nitrogen and oxygen atoms in total. The van der Waals surface area contributed by atoms with Crippen LogP contribution in [0.15, 0.2) is 44.7 Å². The quantitative estimate of drug-likeness (QED) is 0.855. The third-order valence-electron chi connectivity index (χ3n) is 2.33. The Balaban J connectivity index is 2.11. The minimum absolute atomic E-state index is 0.0584. The van der Waals surface area contributed by atoms with Crippen LogP contribution < -0.4 is 5.73 Å². The molecule has 1 aromatic heterocycles. The first-order valence-electron chi connectivity index (χ1n) is 4.90. The van der Waals surface area contributed by atoms with Crippen LogP contribution in [0.5, 0.6) is 0 Å². The summed E-state index contributed by atoms with van der Waals surface area (Å²) in [4.78, 5) is 1.30. The van der Waals surface area contributed by atoms with E-state index in [2.05, 4.69) is 56.1 Å². The number of hydrogen-bond acceptors (Lipinski definition) is 2. The largest absolute Gasteiger partial charge is 0.324 e. The SMILES string of the molecule is NC(Cc1ccc(Br)s1)c1cccc(Br)c1. The first-order valence-corrected chi connectivity index (χ1v) is 7.30. The van der Waals surface area contributed by atoms with E-state index in [1.54, 1.807) is 11.3 Å². The molecule has 2 aromatic rings. The molecule has 1 atom stereocenters. The van der Waals surface area contributed by atoms with Crippen molar-refractivity contribution in [2.75, 3.05) is 0 Å². The van der Waals surface area contributed by atoms with E-state index < -0.39 is 0 Å². The molecule has 0 amide bonds. The lowest BCUT2D eigenvalue weighted by atomic mass is 10.0. The van der Waals surface area contributed by atoms with E-state index >= 15 is 0 Å². The first-order chi connectivity index (χ1) is 7.65. The molecule has 0 saturated carbocycles. The lowest BCUT2D eigenvalue weighted by molar-refractivity contribution is 0.730. The van der Waals surface area contributed by atoms with Crippen molar-refractivity contribution in [2.24, 2.45) is 5.73 Å². The molecule has 2 N–H and O–H groups in total. The van der Waals surface area contributed by atoms with Crippen LogP contribution >= 0.6 is 43.2 Å². The fraction of sp³-hybridized carbons (Fsp3) is 0.167. The maximum absolute atomic E-state index is 6.18. The smallest absolute Gasteiger partial charge is 0.0701 e. The van der Waals surface area contributed by atoms with Gasteiger partial charge in [-0.3, -0.25) is 0 Å². The summed E-state index contributed by atoms with van der Waals surface area (Å²) in [5.41, 5.74) is 7.34. The van der Waals surface area contributed by atoms with Gasteiger partial charge < -0.3 is 5.73 Å². The van der Waals surface area contributed by atoms with Crippen LogP contribution in [0.25, 0.3) is 0 Å². The van der Waals surface area contributed by atoms with Crippen molar-refractivity contribution in [3.8, 4) is 0 Å². The van der Waals surface area contributed by atoms with Crippen molar-refractivity contribution in [3.05, 3.63) is 55.1 Å². The molecule has 0 aliphatic heterocycles. The molecule has 0 bridgehead atoms. The normalized spacial score (nSPS) is 12.7. The van der Waals surface area contributed by atoms with Gasteiger partial charge in [-0.15, -0.1) is 11.3 Å². The van der Waals surface area contributed by atoms with E-state index in [9.17, 15) is 0 Å². The van der Waals surface area contributed by atoms with Gasteiger partial charge in [0.2, 0.25) is 0 Å². The van der Waals surface area contributed by atoms with E-state index in [4.69, 9.17) is 5.73 Å². The van der Waals surface area contributed by atoms with Crippen molar-refractivity contribution >= 4 is 43.2 Å². The van der Waals surface area contributed by atoms with E-state index in [0.717, 1.165) is 14.7 Å². The molecule has 0 fully saturated rings. The summed E-state index contributed by atoms with van der Waals surface area (Å²) in [7, 11) is 0. The Morgan fingerprint density at radius 3 is 2.62 bits per heavy atom. The average molecular weight is 361 g/mol. The van der Waals surface area contributed by atoms with Crippen LogP contribution in [0.2, 0.25) is 0 Å². The Morgan fingerprint density at radius 2 is 2.00 bits per heavy atom. The van der Waals surface area contributed by atoms with Crippen molar-refractivity contribution in [1.29, 1.82) is 0 Å². The third-order valence-corrected chi connectivity index (χ3v) is 4.47. The summed E-state index contributed by atoms with van der Waals surface area (Å²) in [6, 6.07) is 12.4. The lowest BCUT2D eigenvalue weighted by Gasteiger charge is -2.10. The molecule has 16 heavy (non-hydrogen) atoms. The predicted octanol–water partition coefficient (Wildman–Crippen LogP) is 4.52. The van der Waals surface area contributed by atoms with Crippen LogP contribution in [0.3, 0.4) is 0 Å². The number of rotatable bonds is 3. The maximum Gasteiger partial charge on any atom is 0.0701 e. The number of thiophene rings is 1. The molecule has 0 aliphatic carbocycles. The summed E-state index contributed by atoms with van der Waals surface area (Å²) in [5, 5.41) is 0. The Morgan fingerprint density at radius 1 is 1.19 bits per heavy atom. The van der Waals surface area contributed by atoms with E-state index in [0.29, 0.717) is 0 Å². The molecule has 2 rings (SSSR count). The van der Waals surface area contributed by atoms with Crippen molar-refractivity contribution in [2.45, 2.75) is 12.5 Å². The minimum atomic E-state index is 0.0584. The van der Waals surface area contributed by atoms with Gasteiger partial charge in [0.05, 0.1) is 3.79 Å². The molecular weight excluding hydrogens is 350 g/mol.